The van der Waals surface area contributed by atoms with Crippen LogP contribution in [0.2, 0.25) is 0 Å². The van der Waals surface area contributed by atoms with Crippen molar-refractivity contribution < 1.29 is 0 Å². The van der Waals surface area contributed by atoms with Gasteiger partial charge in [0.25, 0.3) is 0 Å². The van der Waals surface area contributed by atoms with E-state index in [0.29, 0.717) is 0 Å². The lowest BCUT2D eigenvalue weighted by atomic mass is 9.98. The third-order valence-corrected chi connectivity index (χ3v) is 4.37. The SMILES string of the molecule is CCc1ccc(C(NN)c2cc(Br)ccc2Br)cc1. The van der Waals surface area contributed by atoms with Crippen molar-refractivity contribution in [2.45, 2.75) is 19.4 Å². The van der Waals surface area contributed by atoms with E-state index in [0.717, 1.165) is 26.5 Å². The van der Waals surface area contributed by atoms with Crippen molar-refractivity contribution >= 4 is 31.9 Å². The van der Waals surface area contributed by atoms with Crippen LogP contribution in [0.5, 0.6) is 0 Å². The molecule has 0 heterocycles. The first-order valence-electron chi connectivity index (χ1n) is 6.15. The fraction of sp³-hybridized carbons (Fsp3) is 0.200. The summed E-state index contributed by atoms with van der Waals surface area (Å²) in [6.07, 6.45) is 1.04. The lowest BCUT2D eigenvalue weighted by Gasteiger charge is -2.19. The van der Waals surface area contributed by atoms with E-state index in [-0.39, 0.29) is 6.04 Å². The molecular formula is C15H16Br2N2. The molecule has 0 bridgehead atoms. The van der Waals surface area contributed by atoms with Crippen LogP contribution in [0.4, 0.5) is 0 Å². The Labute approximate surface area is 130 Å². The molecule has 1 unspecified atom stereocenters. The molecule has 2 aromatic rings. The normalized spacial score (nSPS) is 12.4. The zero-order chi connectivity index (χ0) is 13.8. The summed E-state index contributed by atoms with van der Waals surface area (Å²) in [7, 11) is 0. The van der Waals surface area contributed by atoms with Crippen LogP contribution < -0.4 is 11.3 Å². The number of halogens is 2. The van der Waals surface area contributed by atoms with Crippen LogP contribution in [0, 0.1) is 0 Å². The number of aryl methyl sites for hydroxylation is 1. The highest BCUT2D eigenvalue weighted by molar-refractivity contribution is 9.11. The molecule has 0 aliphatic carbocycles. The summed E-state index contributed by atoms with van der Waals surface area (Å²) in [6.45, 7) is 2.15. The summed E-state index contributed by atoms with van der Waals surface area (Å²) < 4.78 is 2.08. The second kappa shape index (κ2) is 6.66. The van der Waals surface area contributed by atoms with Gasteiger partial charge in [-0.15, -0.1) is 0 Å². The maximum Gasteiger partial charge on any atom is 0.0721 e. The van der Waals surface area contributed by atoms with E-state index >= 15 is 0 Å². The van der Waals surface area contributed by atoms with E-state index < -0.39 is 0 Å². The number of hydrazine groups is 1. The van der Waals surface area contributed by atoms with Crippen LogP contribution in [0.15, 0.2) is 51.4 Å². The number of rotatable bonds is 4. The van der Waals surface area contributed by atoms with Gasteiger partial charge in [0.15, 0.2) is 0 Å². The average molecular weight is 384 g/mol. The highest BCUT2D eigenvalue weighted by atomic mass is 79.9. The molecular weight excluding hydrogens is 368 g/mol. The second-order valence-corrected chi connectivity index (χ2v) is 6.13. The molecule has 3 N–H and O–H groups in total. The Morgan fingerprint density at radius 2 is 1.79 bits per heavy atom. The van der Waals surface area contributed by atoms with Crippen LogP contribution in [0.3, 0.4) is 0 Å². The molecule has 2 aromatic carbocycles. The number of nitrogens with two attached hydrogens (primary N) is 1. The maximum absolute atomic E-state index is 5.74. The van der Waals surface area contributed by atoms with Gasteiger partial charge < -0.3 is 0 Å². The number of benzene rings is 2. The predicted octanol–water partition coefficient (Wildman–Crippen LogP) is 4.33. The van der Waals surface area contributed by atoms with Gasteiger partial charge in [0, 0.05) is 8.95 Å². The van der Waals surface area contributed by atoms with E-state index in [9.17, 15) is 0 Å². The fourth-order valence-corrected chi connectivity index (χ4v) is 2.90. The van der Waals surface area contributed by atoms with Crippen molar-refractivity contribution in [2.75, 3.05) is 0 Å². The van der Waals surface area contributed by atoms with Gasteiger partial charge in [-0.2, -0.15) is 0 Å². The van der Waals surface area contributed by atoms with Gasteiger partial charge >= 0.3 is 0 Å². The molecule has 0 aromatic heterocycles. The van der Waals surface area contributed by atoms with E-state index in [4.69, 9.17) is 5.84 Å². The number of nitrogens with one attached hydrogen (secondary N) is 1. The Morgan fingerprint density at radius 1 is 1.11 bits per heavy atom. The molecule has 0 saturated carbocycles. The lowest BCUT2D eigenvalue weighted by Crippen LogP contribution is -2.29. The van der Waals surface area contributed by atoms with Gasteiger partial charge in [0.2, 0.25) is 0 Å². The predicted molar refractivity (Wildman–Crippen MR) is 86.8 cm³/mol. The molecule has 0 radical (unpaired) electrons. The Balaban J connectivity index is 2.40. The Morgan fingerprint density at radius 3 is 2.37 bits per heavy atom. The fourth-order valence-electron chi connectivity index (χ4n) is 2.05. The standard InChI is InChI=1S/C15H16Br2N2/c1-2-10-3-5-11(6-4-10)15(19-18)13-9-12(16)7-8-14(13)17/h3-9,15,19H,2,18H2,1H3. The van der Waals surface area contributed by atoms with Crippen molar-refractivity contribution in [3.63, 3.8) is 0 Å². The van der Waals surface area contributed by atoms with Gasteiger partial charge in [-0.1, -0.05) is 63.0 Å². The molecule has 1 atom stereocenters. The molecule has 2 nitrogen and oxygen atoms in total. The van der Waals surface area contributed by atoms with Crippen molar-refractivity contribution in [3.8, 4) is 0 Å². The van der Waals surface area contributed by atoms with Gasteiger partial charge in [-0.25, -0.2) is 5.43 Å². The average Bonchev–Trinajstić information content (AvgIpc) is 2.44. The summed E-state index contributed by atoms with van der Waals surface area (Å²) in [5.74, 6) is 5.74. The maximum atomic E-state index is 5.74. The molecule has 0 amide bonds. The van der Waals surface area contributed by atoms with Crippen molar-refractivity contribution in [3.05, 3.63) is 68.1 Å². The molecule has 0 fully saturated rings. The summed E-state index contributed by atoms with van der Waals surface area (Å²) >= 11 is 7.08. The molecule has 0 aliphatic heterocycles. The largest absolute Gasteiger partial charge is 0.271 e. The monoisotopic (exact) mass is 382 g/mol. The van der Waals surface area contributed by atoms with Crippen LogP contribution in [0.1, 0.15) is 29.7 Å². The zero-order valence-corrected chi connectivity index (χ0v) is 13.8. The first-order chi connectivity index (χ1) is 9.15. The molecule has 0 spiro atoms. The second-order valence-electron chi connectivity index (χ2n) is 4.36. The Bertz CT molecular complexity index is 553. The van der Waals surface area contributed by atoms with Gasteiger partial charge in [0.1, 0.15) is 0 Å². The number of hydrogen-bond acceptors (Lipinski definition) is 2. The van der Waals surface area contributed by atoms with Gasteiger partial charge in [-0.05, 0) is 41.3 Å². The minimum atomic E-state index is -0.0298. The van der Waals surface area contributed by atoms with E-state index in [1.54, 1.807) is 0 Å². The van der Waals surface area contributed by atoms with Crippen LogP contribution in [-0.2, 0) is 6.42 Å². The highest BCUT2D eigenvalue weighted by Gasteiger charge is 2.15. The summed E-state index contributed by atoms with van der Waals surface area (Å²) in [5, 5.41) is 0. The summed E-state index contributed by atoms with van der Waals surface area (Å²) in [4.78, 5) is 0. The molecule has 0 aliphatic rings. The van der Waals surface area contributed by atoms with E-state index in [1.807, 2.05) is 12.1 Å². The molecule has 4 heteroatoms. The topological polar surface area (TPSA) is 38.0 Å². The molecule has 19 heavy (non-hydrogen) atoms. The third-order valence-electron chi connectivity index (χ3n) is 3.16. The zero-order valence-electron chi connectivity index (χ0n) is 10.7. The van der Waals surface area contributed by atoms with Crippen LogP contribution in [-0.4, -0.2) is 0 Å². The smallest absolute Gasteiger partial charge is 0.0721 e. The summed E-state index contributed by atoms with van der Waals surface area (Å²) in [5.41, 5.74) is 6.48. The first kappa shape index (κ1) is 14.7. The highest BCUT2D eigenvalue weighted by Crippen LogP contribution is 2.30. The first-order valence-corrected chi connectivity index (χ1v) is 7.74. The van der Waals surface area contributed by atoms with Gasteiger partial charge in [-0.3, -0.25) is 5.84 Å². The Kier molecular flexibility index (Phi) is 5.16. The molecule has 2 rings (SSSR count). The minimum Gasteiger partial charge on any atom is -0.271 e. The van der Waals surface area contributed by atoms with Crippen LogP contribution >= 0.6 is 31.9 Å². The number of hydrogen-bond donors (Lipinski definition) is 2. The van der Waals surface area contributed by atoms with Crippen LogP contribution in [0.25, 0.3) is 0 Å². The summed E-state index contributed by atoms with van der Waals surface area (Å²) in [6, 6.07) is 14.6. The van der Waals surface area contributed by atoms with Crippen molar-refractivity contribution in [1.82, 2.24) is 5.43 Å². The lowest BCUT2D eigenvalue weighted by molar-refractivity contribution is 0.634. The van der Waals surface area contributed by atoms with E-state index in [1.165, 1.54) is 5.56 Å². The van der Waals surface area contributed by atoms with E-state index in [2.05, 4.69) is 74.5 Å². The third kappa shape index (κ3) is 3.45. The molecule has 100 valence electrons. The van der Waals surface area contributed by atoms with Crippen molar-refractivity contribution in [1.29, 1.82) is 0 Å². The minimum absolute atomic E-state index is 0.0298. The molecule has 0 saturated heterocycles. The van der Waals surface area contributed by atoms with Crippen molar-refractivity contribution in [2.24, 2.45) is 5.84 Å². The Hall–Kier alpha value is -0.680. The quantitative estimate of drug-likeness (QED) is 0.609. The van der Waals surface area contributed by atoms with Gasteiger partial charge in [0.05, 0.1) is 6.04 Å².